The SMILES string of the molecule is Cc1cc(C)c2c(c1)c(C)cc1nnc(SCCC(=O)Nc3sc4c(c3C#N)CCCC4)n12. The molecule has 4 aromatic rings. The minimum Gasteiger partial charge on any atom is -0.317 e. The summed E-state index contributed by atoms with van der Waals surface area (Å²) in [6, 6.07) is 8.75. The molecule has 1 aliphatic rings. The summed E-state index contributed by atoms with van der Waals surface area (Å²) in [6.07, 6.45) is 4.55. The molecule has 0 unspecified atom stereocenters. The molecule has 1 amide bonds. The zero-order valence-corrected chi connectivity index (χ0v) is 20.6. The van der Waals surface area contributed by atoms with Crippen molar-refractivity contribution < 1.29 is 4.79 Å². The second kappa shape index (κ2) is 8.81. The van der Waals surface area contributed by atoms with Gasteiger partial charge in [-0.15, -0.1) is 21.5 Å². The standard InChI is InChI=1S/C25H25N5OS2/c1-14-10-16(3)23-18(11-14)15(2)12-21-28-29-25(30(21)23)32-9-8-22(31)27-24-19(13-26)17-6-4-5-7-20(17)33-24/h10-12H,4-9H2,1-3H3,(H,27,31). The van der Waals surface area contributed by atoms with Crippen molar-refractivity contribution in [2.24, 2.45) is 0 Å². The summed E-state index contributed by atoms with van der Waals surface area (Å²) < 4.78 is 2.10. The van der Waals surface area contributed by atoms with E-state index in [1.807, 2.05) is 0 Å². The Balaban J connectivity index is 1.33. The third kappa shape index (κ3) is 4.00. The second-order valence-corrected chi connectivity index (χ2v) is 10.8. The molecule has 168 valence electrons. The molecular weight excluding hydrogens is 450 g/mol. The topological polar surface area (TPSA) is 83.1 Å². The summed E-state index contributed by atoms with van der Waals surface area (Å²) >= 11 is 3.10. The van der Waals surface area contributed by atoms with Gasteiger partial charge in [0, 0.05) is 22.4 Å². The van der Waals surface area contributed by atoms with E-state index in [1.165, 1.54) is 38.7 Å². The van der Waals surface area contributed by atoms with Crippen molar-refractivity contribution in [3.05, 3.63) is 50.9 Å². The molecular formula is C25H25N5OS2. The molecule has 0 fully saturated rings. The molecule has 5 rings (SSSR count). The number of aryl methyl sites for hydroxylation is 4. The highest BCUT2D eigenvalue weighted by molar-refractivity contribution is 7.99. The van der Waals surface area contributed by atoms with Gasteiger partial charge in [-0.05, 0) is 75.3 Å². The predicted octanol–water partition coefficient (Wildman–Crippen LogP) is 5.74. The molecule has 0 aliphatic heterocycles. The van der Waals surface area contributed by atoms with Gasteiger partial charge in [0.1, 0.15) is 11.1 Å². The Kier molecular flexibility index (Phi) is 5.85. The lowest BCUT2D eigenvalue weighted by Gasteiger charge is -2.11. The van der Waals surface area contributed by atoms with Gasteiger partial charge >= 0.3 is 0 Å². The lowest BCUT2D eigenvalue weighted by molar-refractivity contribution is -0.115. The zero-order valence-electron chi connectivity index (χ0n) is 19.0. The van der Waals surface area contributed by atoms with Gasteiger partial charge in [0.15, 0.2) is 10.8 Å². The zero-order chi connectivity index (χ0) is 23.1. The van der Waals surface area contributed by atoms with E-state index in [4.69, 9.17) is 0 Å². The number of nitrogens with one attached hydrogen (secondary N) is 1. The van der Waals surface area contributed by atoms with Crippen molar-refractivity contribution in [1.29, 1.82) is 5.26 Å². The summed E-state index contributed by atoms with van der Waals surface area (Å²) in [5.74, 6) is 0.513. The van der Waals surface area contributed by atoms with Gasteiger partial charge in [0.25, 0.3) is 0 Å². The molecule has 3 aromatic heterocycles. The number of hydrogen-bond acceptors (Lipinski definition) is 6. The van der Waals surface area contributed by atoms with Gasteiger partial charge in [-0.3, -0.25) is 9.20 Å². The molecule has 0 saturated carbocycles. The van der Waals surface area contributed by atoms with E-state index in [0.717, 1.165) is 47.6 Å². The van der Waals surface area contributed by atoms with Crippen LogP contribution in [-0.2, 0) is 17.6 Å². The third-order valence-electron chi connectivity index (χ3n) is 6.19. The van der Waals surface area contributed by atoms with Crippen LogP contribution in [0.5, 0.6) is 0 Å². The number of amides is 1. The van der Waals surface area contributed by atoms with Crippen LogP contribution in [0.1, 0.15) is 52.0 Å². The van der Waals surface area contributed by atoms with Gasteiger partial charge in [0.05, 0.1) is 11.1 Å². The molecule has 1 aromatic carbocycles. The van der Waals surface area contributed by atoms with Crippen molar-refractivity contribution >= 4 is 50.6 Å². The molecule has 6 nitrogen and oxygen atoms in total. The summed E-state index contributed by atoms with van der Waals surface area (Å²) in [7, 11) is 0. The molecule has 3 heterocycles. The number of thioether (sulfide) groups is 1. The van der Waals surface area contributed by atoms with E-state index < -0.39 is 0 Å². The number of nitriles is 1. The smallest absolute Gasteiger partial charge is 0.225 e. The maximum Gasteiger partial charge on any atom is 0.225 e. The van der Waals surface area contributed by atoms with Crippen LogP contribution in [0.4, 0.5) is 5.00 Å². The lowest BCUT2D eigenvalue weighted by Crippen LogP contribution is -2.12. The van der Waals surface area contributed by atoms with Crippen molar-refractivity contribution in [2.45, 2.75) is 58.0 Å². The second-order valence-electron chi connectivity index (χ2n) is 8.65. The number of nitrogens with zero attached hydrogens (tertiary/aromatic N) is 4. The van der Waals surface area contributed by atoms with Crippen LogP contribution < -0.4 is 5.32 Å². The molecule has 33 heavy (non-hydrogen) atoms. The van der Waals surface area contributed by atoms with Gasteiger partial charge in [-0.2, -0.15) is 5.26 Å². The Morgan fingerprint density at radius 1 is 1.18 bits per heavy atom. The maximum absolute atomic E-state index is 12.7. The normalized spacial score (nSPS) is 13.3. The lowest BCUT2D eigenvalue weighted by atomic mass is 9.96. The molecule has 0 atom stereocenters. The minimum atomic E-state index is -0.0704. The Hall–Kier alpha value is -2.89. The van der Waals surface area contributed by atoms with Crippen LogP contribution in [0.2, 0.25) is 0 Å². The highest BCUT2D eigenvalue weighted by Crippen LogP contribution is 2.37. The van der Waals surface area contributed by atoms with E-state index in [1.54, 1.807) is 11.3 Å². The Bertz CT molecular complexity index is 1440. The molecule has 0 saturated heterocycles. The molecule has 8 heteroatoms. The molecule has 0 spiro atoms. The first kappa shape index (κ1) is 21.9. The molecule has 1 aliphatic carbocycles. The highest BCUT2D eigenvalue weighted by Gasteiger charge is 2.22. The number of rotatable bonds is 5. The number of anilines is 1. The van der Waals surface area contributed by atoms with E-state index in [-0.39, 0.29) is 5.91 Å². The maximum atomic E-state index is 12.7. The number of hydrogen-bond donors (Lipinski definition) is 1. The fourth-order valence-corrected chi connectivity index (χ4v) is 6.84. The molecule has 0 radical (unpaired) electrons. The van der Waals surface area contributed by atoms with Crippen molar-refractivity contribution in [3.63, 3.8) is 0 Å². The van der Waals surface area contributed by atoms with Gasteiger partial charge in [0.2, 0.25) is 5.91 Å². The fourth-order valence-electron chi connectivity index (χ4n) is 4.70. The number of pyridine rings is 1. The number of fused-ring (bicyclic) bond motifs is 4. The number of thiophene rings is 1. The van der Waals surface area contributed by atoms with Crippen LogP contribution in [0.15, 0.2) is 23.4 Å². The first-order valence-electron chi connectivity index (χ1n) is 11.2. The highest BCUT2D eigenvalue weighted by atomic mass is 32.2. The molecule has 0 bridgehead atoms. The van der Waals surface area contributed by atoms with E-state index in [0.29, 0.717) is 22.7 Å². The summed E-state index contributed by atoms with van der Waals surface area (Å²) in [5.41, 5.74) is 7.33. The van der Waals surface area contributed by atoms with Gasteiger partial charge in [-0.25, -0.2) is 0 Å². The number of carbonyl (C=O) groups is 1. The Morgan fingerprint density at radius 3 is 2.82 bits per heavy atom. The van der Waals surface area contributed by atoms with Crippen molar-refractivity contribution in [3.8, 4) is 6.07 Å². The largest absolute Gasteiger partial charge is 0.317 e. The van der Waals surface area contributed by atoms with Gasteiger partial charge < -0.3 is 5.32 Å². The predicted molar refractivity (Wildman–Crippen MR) is 134 cm³/mol. The van der Waals surface area contributed by atoms with Crippen LogP contribution in [0, 0.1) is 32.1 Å². The van der Waals surface area contributed by atoms with Crippen molar-refractivity contribution in [2.75, 3.05) is 11.1 Å². The van der Waals surface area contributed by atoms with Crippen molar-refractivity contribution in [1.82, 2.24) is 14.6 Å². The summed E-state index contributed by atoms with van der Waals surface area (Å²) in [6.45, 7) is 6.33. The summed E-state index contributed by atoms with van der Waals surface area (Å²) in [5, 5.41) is 24.1. The first-order chi connectivity index (χ1) is 16.0. The van der Waals surface area contributed by atoms with Crippen LogP contribution in [0.3, 0.4) is 0 Å². The van der Waals surface area contributed by atoms with E-state index in [2.05, 4.69) is 65.0 Å². The third-order valence-corrected chi connectivity index (χ3v) is 8.33. The number of aromatic nitrogens is 3. The Morgan fingerprint density at radius 2 is 2.00 bits per heavy atom. The number of benzene rings is 1. The first-order valence-corrected chi connectivity index (χ1v) is 13.0. The van der Waals surface area contributed by atoms with Crippen LogP contribution >= 0.6 is 23.1 Å². The Labute approximate surface area is 201 Å². The van der Waals surface area contributed by atoms with E-state index in [9.17, 15) is 10.1 Å². The van der Waals surface area contributed by atoms with Gasteiger partial charge in [-0.1, -0.05) is 23.4 Å². The van der Waals surface area contributed by atoms with E-state index >= 15 is 0 Å². The van der Waals surface area contributed by atoms with Crippen LogP contribution in [0.25, 0.3) is 16.6 Å². The fraction of sp³-hybridized carbons (Fsp3) is 0.360. The minimum absolute atomic E-state index is 0.0704. The summed E-state index contributed by atoms with van der Waals surface area (Å²) in [4.78, 5) is 13.9. The molecule has 1 N–H and O–H groups in total. The monoisotopic (exact) mass is 475 g/mol. The average molecular weight is 476 g/mol. The van der Waals surface area contributed by atoms with Crippen LogP contribution in [-0.4, -0.2) is 26.3 Å². The average Bonchev–Trinajstić information content (AvgIpc) is 3.34. The number of carbonyl (C=O) groups excluding carboxylic acids is 1. The quantitative estimate of drug-likeness (QED) is 0.372.